The van der Waals surface area contributed by atoms with Crippen LogP contribution in [-0.4, -0.2) is 26.3 Å². The van der Waals surface area contributed by atoms with E-state index < -0.39 is 0 Å². The van der Waals surface area contributed by atoms with Crippen molar-refractivity contribution in [3.63, 3.8) is 0 Å². The number of benzene rings is 3. The zero-order valence-electron chi connectivity index (χ0n) is 18.5. The minimum Gasteiger partial charge on any atom is -0.353 e. The molecule has 2 amide bonds. The fourth-order valence-corrected chi connectivity index (χ4v) is 6.13. The van der Waals surface area contributed by atoms with E-state index in [2.05, 4.69) is 50.2 Å². The molecule has 6 nitrogen and oxygen atoms in total. The number of H-pyrrole nitrogens is 1. The predicted molar refractivity (Wildman–Crippen MR) is 139 cm³/mol. The van der Waals surface area contributed by atoms with Crippen LogP contribution in [0, 0.1) is 0 Å². The predicted octanol–water partition coefficient (Wildman–Crippen LogP) is 5.74. The molecule has 170 valence electrons. The maximum Gasteiger partial charge on any atom is 0.259 e. The van der Waals surface area contributed by atoms with Gasteiger partial charge in [-0.2, -0.15) is 0 Å². The molecule has 0 fully saturated rings. The van der Waals surface area contributed by atoms with Crippen LogP contribution in [0.3, 0.4) is 0 Å². The number of aromatic amines is 1. The van der Waals surface area contributed by atoms with Gasteiger partial charge in [0, 0.05) is 51.6 Å². The number of nitrogens with zero attached hydrogens (tertiary/aromatic N) is 2. The Morgan fingerprint density at radius 3 is 2.54 bits per heavy atom. The van der Waals surface area contributed by atoms with Gasteiger partial charge in [-0.05, 0) is 36.1 Å². The van der Waals surface area contributed by atoms with Gasteiger partial charge in [-0.15, -0.1) is 12.4 Å². The standard InChI is InChI=1S/C28H18N4O2.ClH/c33-27-22-20-17-9-8-15(16-5-2-10-29-13-16)12-19(17)30-24(20)26-21(23(22)28(34)31-27)18-7-1-4-14-6-3-11-32(26)25(14)18;/h1-2,4-5,7-10,12-13,30H,3,6,11H2,(H,31,33,34);1H. The second-order valence-corrected chi connectivity index (χ2v) is 9.20. The lowest BCUT2D eigenvalue weighted by molar-refractivity contribution is 0.0880. The summed E-state index contributed by atoms with van der Waals surface area (Å²) in [5, 5.41) is 6.26. The second kappa shape index (κ2) is 6.93. The van der Waals surface area contributed by atoms with Gasteiger partial charge in [-0.25, -0.2) is 0 Å². The Labute approximate surface area is 205 Å². The highest BCUT2D eigenvalue weighted by Gasteiger charge is 2.36. The van der Waals surface area contributed by atoms with E-state index >= 15 is 0 Å². The molecule has 6 aromatic rings. The number of para-hydroxylation sites is 1. The highest BCUT2D eigenvalue weighted by Crippen LogP contribution is 2.45. The Morgan fingerprint density at radius 2 is 1.71 bits per heavy atom. The zero-order chi connectivity index (χ0) is 22.6. The van der Waals surface area contributed by atoms with Gasteiger partial charge in [0.25, 0.3) is 11.8 Å². The highest BCUT2D eigenvalue weighted by molar-refractivity contribution is 6.39. The van der Waals surface area contributed by atoms with Crippen LogP contribution in [0.5, 0.6) is 0 Å². The second-order valence-electron chi connectivity index (χ2n) is 9.20. The first-order valence-electron chi connectivity index (χ1n) is 11.5. The molecule has 8 rings (SSSR count). The van der Waals surface area contributed by atoms with Gasteiger partial charge in [0.05, 0.1) is 27.7 Å². The largest absolute Gasteiger partial charge is 0.353 e. The van der Waals surface area contributed by atoms with Crippen molar-refractivity contribution >= 4 is 67.8 Å². The van der Waals surface area contributed by atoms with Crippen LogP contribution in [0.2, 0.25) is 0 Å². The SMILES string of the molecule is Cl.O=C1NC(=O)c2c1c1c3ccc(-c4cccnc4)cc3[nH]c1c1c2c2cccc3c2n1CCC3. The van der Waals surface area contributed by atoms with Crippen LogP contribution in [0.25, 0.3) is 54.7 Å². The number of hydrogen-bond acceptors (Lipinski definition) is 3. The molecule has 0 aliphatic carbocycles. The first-order chi connectivity index (χ1) is 16.7. The highest BCUT2D eigenvalue weighted by atomic mass is 35.5. The van der Waals surface area contributed by atoms with E-state index in [1.807, 2.05) is 24.4 Å². The Bertz CT molecular complexity index is 1900. The number of fused-ring (bicyclic) bond motifs is 10. The number of aromatic nitrogens is 3. The van der Waals surface area contributed by atoms with Gasteiger partial charge in [-0.1, -0.05) is 36.4 Å². The Kier molecular flexibility index (Phi) is 4.01. The van der Waals surface area contributed by atoms with E-state index in [-0.39, 0.29) is 24.2 Å². The number of amides is 2. The number of pyridine rings is 1. The Balaban J connectivity index is 0.00000210. The van der Waals surface area contributed by atoms with Gasteiger partial charge >= 0.3 is 0 Å². The first kappa shape index (κ1) is 20.2. The summed E-state index contributed by atoms with van der Waals surface area (Å²) in [7, 11) is 0. The smallest absolute Gasteiger partial charge is 0.259 e. The number of hydrogen-bond donors (Lipinski definition) is 2. The maximum absolute atomic E-state index is 13.1. The molecule has 0 saturated carbocycles. The third-order valence-corrected chi connectivity index (χ3v) is 7.45. The topological polar surface area (TPSA) is 79.8 Å². The van der Waals surface area contributed by atoms with E-state index in [4.69, 9.17) is 0 Å². The molecule has 2 N–H and O–H groups in total. The van der Waals surface area contributed by atoms with Crippen LogP contribution in [0.1, 0.15) is 32.7 Å². The van der Waals surface area contributed by atoms with Crippen LogP contribution in [-0.2, 0) is 13.0 Å². The molecule has 0 radical (unpaired) electrons. The van der Waals surface area contributed by atoms with Crippen LogP contribution < -0.4 is 5.32 Å². The fraction of sp³-hybridized carbons (Fsp3) is 0.107. The van der Waals surface area contributed by atoms with Crippen molar-refractivity contribution in [2.24, 2.45) is 0 Å². The van der Waals surface area contributed by atoms with Crippen molar-refractivity contribution in [3.8, 4) is 11.1 Å². The van der Waals surface area contributed by atoms with E-state index in [9.17, 15) is 9.59 Å². The third kappa shape index (κ3) is 2.47. The number of rotatable bonds is 1. The quantitative estimate of drug-likeness (QED) is 0.296. The van der Waals surface area contributed by atoms with Crippen molar-refractivity contribution in [2.75, 3.05) is 0 Å². The average molecular weight is 479 g/mol. The summed E-state index contributed by atoms with van der Waals surface area (Å²) < 4.78 is 2.35. The lowest BCUT2D eigenvalue weighted by atomic mass is 9.95. The van der Waals surface area contributed by atoms with Crippen molar-refractivity contribution in [2.45, 2.75) is 19.4 Å². The summed E-state index contributed by atoms with van der Waals surface area (Å²) in [6.07, 6.45) is 5.67. The average Bonchev–Trinajstić information content (AvgIpc) is 3.50. The summed E-state index contributed by atoms with van der Waals surface area (Å²) in [4.78, 5) is 34.1. The van der Waals surface area contributed by atoms with Gasteiger partial charge in [0.2, 0.25) is 0 Å². The van der Waals surface area contributed by atoms with Crippen molar-refractivity contribution in [3.05, 3.63) is 77.6 Å². The maximum atomic E-state index is 13.1. The number of halogens is 1. The zero-order valence-corrected chi connectivity index (χ0v) is 19.3. The number of carbonyl (C=O) groups is 2. The molecular formula is C28H19ClN4O2. The first-order valence-corrected chi connectivity index (χ1v) is 11.5. The lowest BCUT2D eigenvalue weighted by Gasteiger charge is -2.16. The van der Waals surface area contributed by atoms with Crippen molar-refractivity contribution in [1.82, 2.24) is 19.9 Å². The van der Waals surface area contributed by atoms with Gasteiger partial charge in [0.1, 0.15) is 0 Å². The third-order valence-electron chi connectivity index (χ3n) is 7.45. The summed E-state index contributed by atoms with van der Waals surface area (Å²) in [5.74, 6) is -0.631. The number of imide groups is 1. The van der Waals surface area contributed by atoms with Crippen molar-refractivity contribution < 1.29 is 9.59 Å². The minimum absolute atomic E-state index is 0. The van der Waals surface area contributed by atoms with E-state index in [1.165, 1.54) is 11.1 Å². The van der Waals surface area contributed by atoms with E-state index in [0.717, 1.165) is 68.6 Å². The Hall–Kier alpha value is -4.16. The molecule has 2 aliphatic rings. The van der Waals surface area contributed by atoms with E-state index in [0.29, 0.717) is 11.1 Å². The molecule has 0 atom stereocenters. The number of nitrogens with one attached hydrogen (secondary N) is 2. The lowest BCUT2D eigenvalue weighted by Crippen LogP contribution is -2.20. The molecule has 0 saturated heterocycles. The summed E-state index contributed by atoms with van der Waals surface area (Å²) in [5.41, 5.74) is 8.41. The molecule has 0 unspecified atom stereocenters. The molecule has 0 spiro atoms. The molecule has 35 heavy (non-hydrogen) atoms. The van der Waals surface area contributed by atoms with E-state index in [1.54, 1.807) is 6.20 Å². The molecule has 0 bridgehead atoms. The monoisotopic (exact) mass is 478 g/mol. The number of aryl methyl sites for hydroxylation is 2. The fourth-order valence-electron chi connectivity index (χ4n) is 6.13. The summed E-state index contributed by atoms with van der Waals surface area (Å²) in [6.45, 7) is 0.886. The molecular weight excluding hydrogens is 460 g/mol. The van der Waals surface area contributed by atoms with Crippen LogP contribution >= 0.6 is 12.4 Å². The van der Waals surface area contributed by atoms with Crippen LogP contribution in [0.4, 0.5) is 0 Å². The molecule has 3 aromatic carbocycles. The van der Waals surface area contributed by atoms with Gasteiger partial charge < -0.3 is 9.55 Å². The minimum atomic E-state index is -0.323. The van der Waals surface area contributed by atoms with Gasteiger partial charge in [-0.3, -0.25) is 19.9 Å². The molecule has 7 heteroatoms. The number of carbonyl (C=O) groups excluding carboxylic acids is 2. The Morgan fingerprint density at radius 1 is 0.857 bits per heavy atom. The molecule has 5 heterocycles. The van der Waals surface area contributed by atoms with Crippen LogP contribution in [0.15, 0.2) is 60.9 Å². The molecule has 3 aromatic heterocycles. The molecule has 2 aliphatic heterocycles. The van der Waals surface area contributed by atoms with Crippen molar-refractivity contribution in [1.29, 1.82) is 0 Å². The normalized spacial score (nSPS) is 14.6. The van der Waals surface area contributed by atoms with Gasteiger partial charge in [0.15, 0.2) is 0 Å². The summed E-state index contributed by atoms with van der Waals surface area (Å²) >= 11 is 0. The summed E-state index contributed by atoms with van der Waals surface area (Å²) in [6, 6.07) is 16.5.